The van der Waals surface area contributed by atoms with E-state index < -0.39 is 15.3 Å². The topological polar surface area (TPSA) is 86.7 Å². The Labute approximate surface area is 158 Å². The van der Waals surface area contributed by atoms with Crippen molar-refractivity contribution in [2.45, 2.75) is 5.25 Å². The van der Waals surface area contributed by atoms with Crippen LogP contribution in [0, 0.1) is 0 Å². The van der Waals surface area contributed by atoms with Crippen molar-refractivity contribution >= 4 is 21.9 Å². The maximum Gasteiger partial charge on any atom is 0.253 e. The number of likely N-dealkylation sites (tertiary alicyclic amines) is 1. The quantitative estimate of drug-likeness (QED) is 0.757. The van der Waals surface area contributed by atoms with Crippen molar-refractivity contribution < 1.29 is 13.2 Å². The minimum Gasteiger partial charge on any atom is -0.338 e. The lowest BCUT2D eigenvalue weighted by Crippen LogP contribution is -2.62. The summed E-state index contributed by atoms with van der Waals surface area (Å²) in [6.07, 6.45) is 3.36. The maximum atomic E-state index is 12.9. The van der Waals surface area contributed by atoms with Crippen molar-refractivity contribution in [3.8, 4) is 0 Å². The molecule has 2 aliphatic rings. The van der Waals surface area contributed by atoms with E-state index >= 15 is 0 Å². The number of sulfonamides is 1. The molecule has 2 saturated heterocycles. The van der Waals surface area contributed by atoms with Crippen molar-refractivity contribution in [1.29, 1.82) is 0 Å². The van der Waals surface area contributed by atoms with Crippen molar-refractivity contribution in [3.63, 3.8) is 0 Å². The van der Waals surface area contributed by atoms with E-state index in [-0.39, 0.29) is 19.0 Å². The van der Waals surface area contributed by atoms with Gasteiger partial charge in [-0.15, -0.1) is 0 Å². The van der Waals surface area contributed by atoms with E-state index in [4.69, 9.17) is 0 Å². The molecule has 1 aromatic carbocycles. The third-order valence-electron chi connectivity index (χ3n) is 5.01. The molecule has 0 spiro atoms. The van der Waals surface area contributed by atoms with Crippen molar-refractivity contribution in [1.82, 2.24) is 19.2 Å². The Morgan fingerprint density at radius 2 is 1.56 bits per heavy atom. The van der Waals surface area contributed by atoms with Crippen LogP contribution in [0.3, 0.4) is 0 Å². The second-order valence-corrected chi connectivity index (χ2v) is 8.89. The molecule has 1 aromatic heterocycles. The molecule has 1 amide bonds. The Morgan fingerprint density at radius 3 is 2.19 bits per heavy atom. The Morgan fingerprint density at radius 1 is 0.926 bits per heavy atom. The van der Waals surface area contributed by atoms with E-state index in [1.807, 2.05) is 11.0 Å². The number of carbonyl (C=O) groups is 1. The lowest BCUT2D eigenvalue weighted by molar-refractivity contribution is 0.0655. The predicted molar refractivity (Wildman–Crippen MR) is 101 cm³/mol. The predicted octanol–water partition coefficient (Wildman–Crippen LogP) is 0.453. The van der Waals surface area contributed by atoms with E-state index in [2.05, 4.69) is 9.97 Å². The largest absolute Gasteiger partial charge is 0.338 e. The number of hydrogen-bond acceptors (Lipinski definition) is 6. The number of aromatic nitrogens is 2. The van der Waals surface area contributed by atoms with E-state index in [0.29, 0.717) is 37.7 Å². The van der Waals surface area contributed by atoms with Crippen LogP contribution in [0.5, 0.6) is 0 Å². The van der Waals surface area contributed by atoms with Gasteiger partial charge < -0.3 is 9.80 Å². The molecule has 0 aliphatic carbocycles. The second kappa shape index (κ2) is 7.24. The first-order chi connectivity index (χ1) is 13.1. The molecular weight excluding hydrogens is 366 g/mol. The van der Waals surface area contributed by atoms with Crippen LogP contribution in [-0.4, -0.2) is 78.0 Å². The molecule has 0 saturated carbocycles. The van der Waals surface area contributed by atoms with E-state index in [1.165, 1.54) is 4.31 Å². The number of nitrogens with zero attached hydrogens (tertiary/aromatic N) is 5. The van der Waals surface area contributed by atoms with Crippen LogP contribution < -0.4 is 4.90 Å². The molecule has 2 aliphatic heterocycles. The number of amides is 1. The van der Waals surface area contributed by atoms with Gasteiger partial charge in [0.05, 0.1) is 0 Å². The normalized spacial score (nSPS) is 19.0. The van der Waals surface area contributed by atoms with Gasteiger partial charge in [0.1, 0.15) is 5.25 Å². The average molecular weight is 387 g/mol. The van der Waals surface area contributed by atoms with E-state index in [0.717, 1.165) is 0 Å². The highest BCUT2D eigenvalue weighted by atomic mass is 32.2. The highest BCUT2D eigenvalue weighted by molar-refractivity contribution is 7.89. The first-order valence-electron chi connectivity index (χ1n) is 8.91. The third-order valence-corrected chi connectivity index (χ3v) is 7.24. The van der Waals surface area contributed by atoms with Gasteiger partial charge in [-0.2, -0.15) is 4.31 Å². The summed E-state index contributed by atoms with van der Waals surface area (Å²) in [5.74, 6) is 0.505. The molecule has 0 bridgehead atoms. The van der Waals surface area contributed by atoms with Gasteiger partial charge in [0.2, 0.25) is 16.0 Å². The van der Waals surface area contributed by atoms with Crippen molar-refractivity contribution in [2.75, 3.05) is 44.2 Å². The van der Waals surface area contributed by atoms with Gasteiger partial charge in [-0.05, 0) is 18.2 Å². The van der Waals surface area contributed by atoms with Crippen LogP contribution in [0.15, 0.2) is 48.8 Å². The smallest absolute Gasteiger partial charge is 0.253 e. The minimum absolute atomic E-state index is 0.118. The van der Waals surface area contributed by atoms with Gasteiger partial charge in [0.15, 0.2) is 0 Å². The maximum absolute atomic E-state index is 12.9. The summed E-state index contributed by atoms with van der Waals surface area (Å²) in [6.45, 7) is 2.43. The number of piperazine rings is 1. The fraction of sp³-hybridized carbons (Fsp3) is 0.389. The third kappa shape index (κ3) is 3.52. The molecule has 0 atom stereocenters. The van der Waals surface area contributed by atoms with Crippen LogP contribution in [-0.2, 0) is 10.0 Å². The van der Waals surface area contributed by atoms with Crippen molar-refractivity contribution in [3.05, 3.63) is 54.4 Å². The highest BCUT2D eigenvalue weighted by Crippen LogP contribution is 2.23. The summed E-state index contributed by atoms with van der Waals surface area (Å²) in [5, 5.41) is -0.523. The molecule has 2 aromatic rings. The summed E-state index contributed by atoms with van der Waals surface area (Å²) in [6, 6.07) is 10.7. The van der Waals surface area contributed by atoms with Gasteiger partial charge in [-0.3, -0.25) is 4.79 Å². The number of anilines is 1. The summed E-state index contributed by atoms with van der Waals surface area (Å²) in [7, 11) is -3.41. The van der Waals surface area contributed by atoms with Crippen LogP contribution in [0.25, 0.3) is 0 Å². The number of rotatable bonds is 4. The monoisotopic (exact) mass is 387 g/mol. The molecule has 27 heavy (non-hydrogen) atoms. The van der Waals surface area contributed by atoms with Gasteiger partial charge in [-0.1, -0.05) is 18.2 Å². The lowest BCUT2D eigenvalue weighted by atomic mass is 10.1. The molecule has 142 valence electrons. The zero-order valence-corrected chi connectivity index (χ0v) is 15.6. The molecule has 0 radical (unpaired) electrons. The Hall–Kier alpha value is -2.52. The van der Waals surface area contributed by atoms with E-state index in [1.54, 1.807) is 47.6 Å². The molecule has 8 nitrogen and oxygen atoms in total. The van der Waals surface area contributed by atoms with Crippen LogP contribution in [0.4, 0.5) is 5.95 Å². The van der Waals surface area contributed by atoms with Crippen molar-refractivity contribution in [2.24, 2.45) is 0 Å². The molecular formula is C18H21N5O3S. The zero-order valence-electron chi connectivity index (χ0n) is 14.8. The second-order valence-electron chi connectivity index (χ2n) is 6.68. The molecule has 0 unspecified atom stereocenters. The number of benzene rings is 1. The Kier molecular flexibility index (Phi) is 4.79. The zero-order chi connectivity index (χ0) is 18.9. The standard InChI is InChI=1S/C18H21N5O3S/c24-17(15-5-2-1-3-6-15)22-13-16(14-22)27(25,26)23-11-9-21(10-12-23)18-19-7-4-8-20-18/h1-8,16H,9-14H2. The fourth-order valence-electron chi connectivity index (χ4n) is 3.36. The molecule has 3 heterocycles. The first kappa shape index (κ1) is 17.9. The highest BCUT2D eigenvalue weighted by Gasteiger charge is 2.43. The van der Waals surface area contributed by atoms with Crippen LogP contribution >= 0.6 is 0 Å². The van der Waals surface area contributed by atoms with Gasteiger partial charge in [0.25, 0.3) is 5.91 Å². The number of hydrogen-bond donors (Lipinski definition) is 0. The lowest BCUT2D eigenvalue weighted by Gasteiger charge is -2.42. The summed E-state index contributed by atoms with van der Waals surface area (Å²) in [4.78, 5) is 24.4. The molecule has 4 rings (SSSR count). The summed E-state index contributed by atoms with van der Waals surface area (Å²) < 4.78 is 27.2. The Bertz CT molecular complexity index is 893. The minimum atomic E-state index is -3.41. The molecule has 9 heteroatoms. The summed E-state index contributed by atoms with van der Waals surface area (Å²) in [5.41, 5.74) is 0.588. The van der Waals surface area contributed by atoms with Gasteiger partial charge in [0, 0.05) is 57.2 Å². The van der Waals surface area contributed by atoms with Crippen LogP contribution in [0.2, 0.25) is 0 Å². The fourth-order valence-corrected chi connectivity index (χ4v) is 5.19. The van der Waals surface area contributed by atoms with Gasteiger partial charge in [-0.25, -0.2) is 18.4 Å². The average Bonchev–Trinajstić information content (AvgIpc) is 2.68. The molecule has 0 N–H and O–H groups in total. The van der Waals surface area contributed by atoms with Gasteiger partial charge >= 0.3 is 0 Å². The SMILES string of the molecule is O=C(c1ccccc1)N1CC(S(=O)(=O)N2CCN(c3ncccn3)CC2)C1. The number of carbonyl (C=O) groups excluding carboxylic acids is 1. The van der Waals surface area contributed by atoms with E-state index in [9.17, 15) is 13.2 Å². The molecule has 2 fully saturated rings. The first-order valence-corrected chi connectivity index (χ1v) is 10.4. The Balaban J connectivity index is 1.33. The summed E-state index contributed by atoms with van der Waals surface area (Å²) >= 11 is 0. The van der Waals surface area contributed by atoms with Crippen LogP contribution in [0.1, 0.15) is 10.4 Å².